The zero-order chi connectivity index (χ0) is 22.8. The van der Waals surface area contributed by atoms with Crippen molar-refractivity contribution in [3.63, 3.8) is 0 Å². The van der Waals surface area contributed by atoms with Crippen LogP contribution < -0.4 is 9.47 Å². The summed E-state index contributed by atoms with van der Waals surface area (Å²) in [6, 6.07) is 25.8. The molecule has 1 amide bonds. The maximum atomic E-state index is 12.7. The van der Waals surface area contributed by atoms with Gasteiger partial charge >= 0.3 is 5.97 Å². The minimum Gasteiger partial charge on any atom is -0.490 e. The first-order chi connectivity index (χ1) is 15.5. The molecule has 0 heterocycles. The van der Waals surface area contributed by atoms with Crippen molar-refractivity contribution in [2.45, 2.75) is 19.6 Å². The van der Waals surface area contributed by atoms with Crippen LogP contribution in [0.25, 0.3) is 0 Å². The minimum absolute atomic E-state index is 0.257. The van der Waals surface area contributed by atoms with Crippen LogP contribution in [0, 0.1) is 0 Å². The number of ether oxygens (including phenoxy) is 3. The molecule has 3 aromatic rings. The lowest BCUT2D eigenvalue weighted by Gasteiger charge is -2.22. The van der Waals surface area contributed by atoms with E-state index in [9.17, 15) is 9.59 Å². The first-order valence-corrected chi connectivity index (χ1v) is 10.4. The van der Waals surface area contributed by atoms with Crippen LogP contribution in [-0.4, -0.2) is 43.1 Å². The van der Waals surface area contributed by atoms with Crippen LogP contribution in [0.2, 0.25) is 0 Å². The van der Waals surface area contributed by atoms with Crippen molar-refractivity contribution in [3.8, 4) is 11.5 Å². The largest absolute Gasteiger partial charge is 0.490 e. The average Bonchev–Trinajstić information content (AvgIpc) is 2.82. The van der Waals surface area contributed by atoms with E-state index in [4.69, 9.17) is 14.2 Å². The van der Waals surface area contributed by atoms with E-state index < -0.39 is 12.1 Å². The molecule has 1 unspecified atom stereocenters. The first kappa shape index (κ1) is 22.9. The third-order valence-electron chi connectivity index (χ3n) is 4.73. The summed E-state index contributed by atoms with van der Waals surface area (Å²) in [5.74, 6) is 0.234. The third kappa shape index (κ3) is 6.60. The van der Waals surface area contributed by atoms with E-state index in [1.165, 1.54) is 4.90 Å². The van der Waals surface area contributed by atoms with E-state index in [0.717, 1.165) is 11.3 Å². The normalized spacial score (nSPS) is 11.3. The number of hydrogen-bond acceptors (Lipinski definition) is 5. The Labute approximate surface area is 188 Å². The second-order valence-electron chi connectivity index (χ2n) is 7.23. The first-order valence-electron chi connectivity index (χ1n) is 10.4. The van der Waals surface area contributed by atoms with Gasteiger partial charge in [-0.15, -0.1) is 0 Å². The molecule has 0 fully saturated rings. The fourth-order valence-corrected chi connectivity index (χ4v) is 3.11. The number of rotatable bonds is 10. The van der Waals surface area contributed by atoms with E-state index in [1.807, 2.05) is 60.7 Å². The van der Waals surface area contributed by atoms with Crippen molar-refractivity contribution < 1.29 is 23.8 Å². The summed E-state index contributed by atoms with van der Waals surface area (Å²) in [7, 11) is 1.68. The van der Waals surface area contributed by atoms with E-state index in [-0.39, 0.29) is 18.1 Å². The molecule has 3 aromatic carbocycles. The molecule has 1 atom stereocenters. The Hall–Kier alpha value is -3.80. The molecule has 0 aliphatic rings. The van der Waals surface area contributed by atoms with Crippen molar-refractivity contribution in [1.82, 2.24) is 4.90 Å². The molecule has 0 N–H and O–H groups in total. The Morgan fingerprint density at radius 1 is 0.812 bits per heavy atom. The molecule has 0 saturated heterocycles. The summed E-state index contributed by atoms with van der Waals surface area (Å²) in [5, 5.41) is 0. The van der Waals surface area contributed by atoms with Crippen LogP contribution in [0.1, 0.15) is 22.8 Å². The van der Waals surface area contributed by atoms with Crippen LogP contribution in [-0.2, 0) is 16.1 Å². The molecular formula is C26H27NO5. The summed E-state index contributed by atoms with van der Waals surface area (Å²) in [6.45, 7) is 2.58. The topological polar surface area (TPSA) is 65.1 Å². The second kappa shape index (κ2) is 11.6. The van der Waals surface area contributed by atoms with Crippen molar-refractivity contribution in [3.05, 3.63) is 96.1 Å². The molecule has 0 aromatic heterocycles. The fraction of sp³-hybridized carbons (Fsp3) is 0.231. The predicted molar refractivity (Wildman–Crippen MR) is 122 cm³/mol. The van der Waals surface area contributed by atoms with Gasteiger partial charge in [0.25, 0.3) is 5.91 Å². The molecule has 166 valence electrons. The van der Waals surface area contributed by atoms with E-state index in [0.29, 0.717) is 18.9 Å². The van der Waals surface area contributed by atoms with Crippen molar-refractivity contribution in [2.75, 3.05) is 20.3 Å². The summed E-state index contributed by atoms with van der Waals surface area (Å²) in [6.07, 6.45) is -0.925. The number of para-hydroxylation sites is 2. The maximum Gasteiger partial charge on any atom is 0.342 e. The number of hydrogen-bond donors (Lipinski definition) is 0. The van der Waals surface area contributed by atoms with Gasteiger partial charge in [-0.1, -0.05) is 60.7 Å². The standard InChI is InChI=1S/C26H27NO5/c1-20(25(28)27(2)19-21-11-5-3-6-12-21)32-26(29)23-15-9-10-16-24(23)31-18-17-30-22-13-7-4-8-14-22/h3-16,20H,17-19H2,1-2H3. The number of nitrogens with zero attached hydrogens (tertiary/aromatic N) is 1. The van der Waals surface area contributed by atoms with Gasteiger partial charge in [-0.25, -0.2) is 4.79 Å². The SMILES string of the molecule is CC(OC(=O)c1ccccc1OCCOc1ccccc1)C(=O)N(C)Cc1ccccc1. The predicted octanol–water partition coefficient (Wildman–Crippen LogP) is 4.35. The molecule has 6 nitrogen and oxygen atoms in total. The highest BCUT2D eigenvalue weighted by Gasteiger charge is 2.24. The Morgan fingerprint density at radius 3 is 2.12 bits per heavy atom. The van der Waals surface area contributed by atoms with Gasteiger partial charge in [-0.3, -0.25) is 4.79 Å². The molecule has 0 bridgehead atoms. The van der Waals surface area contributed by atoms with Gasteiger partial charge in [0.15, 0.2) is 6.10 Å². The average molecular weight is 434 g/mol. The van der Waals surface area contributed by atoms with Gasteiger partial charge in [0, 0.05) is 13.6 Å². The van der Waals surface area contributed by atoms with Crippen LogP contribution >= 0.6 is 0 Å². The Morgan fingerprint density at radius 2 is 1.41 bits per heavy atom. The zero-order valence-electron chi connectivity index (χ0n) is 18.3. The van der Waals surface area contributed by atoms with Gasteiger partial charge in [0.05, 0.1) is 0 Å². The molecule has 0 saturated carbocycles. The quantitative estimate of drug-likeness (QED) is 0.351. The number of likely N-dealkylation sites (N-methyl/N-ethyl adjacent to an activating group) is 1. The van der Waals surface area contributed by atoms with Crippen molar-refractivity contribution in [2.24, 2.45) is 0 Å². The van der Waals surface area contributed by atoms with E-state index in [2.05, 4.69) is 0 Å². The van der Waals surface area contributed by atoms with Gasteiger partial charge in [-0.2, -0.15) is 0 Å². The maximum absolute atomic E-state index is 12.7. The number of amides is 1. The van der Waals surface area contributed by atoms with Crippen LogP contribution in [0.3, 0.4) is 0 Å². The molecule has 0 aliphatic carbocycles. The van der Waals surface area contributed by atoms with Gasteiger partial charge in [-0.05, 0) is 36.8 Å². The highest BCUT2D eigenvalue weighted by molar-refractivity contribution is 5.94. The summed E-state index contributed by atoms with van der Waals surface area (Å²) in [4.78, 5) is 26.9. The van der Waals surface area contributed by atoms with Gasteiger partial charge < -0.3 is 19.1 Å². The Kier molecular flexibility index (Phi) is 8.26. The number of esters is 1. The van der Waals surface area contributed by atoms with Crippen LogP contribution in [0.5, 0.6) is 11.5 Å². The molecule has 0 spiro atoms. The van der Waals surface area contributed by atoms with Gasteiger partial charge in [0.2, 0.25) is 0 Å². The highest BCUT2D eigenvalue weighted by atomic mass is 16.6. The molecule has 6 heteroatoms. The molecule has 3 rings (SSSR count). The summed E-state index contributed by atoms with van der Waals surface area (Å²) < 4.78 is 16.8. The number of carbonyl (C=O) groups is 2. The Balaban J connectivity index is 1.53. The lowest BCUT2D eigenvalue weighted by molar-refractivity contribution is -0.139. The fourth-order valence-electron chi connectivity index (χ4n) is 3.11. The smallest absolute Gasteiger partial charge is 0.342 e. The minimum atomic E-state index is -0.925. The number of carbonyl (C=O) groups excluding carboxylic acids is 2. The monoisotopic (exact) mass is 433 g/mol. The van der Waals surface area contributed by atoms with Crippen molar-refractivity contribution >= 4 is 11.9 Å². The zero-order valence-corrected chi connectivity index (χ0v) is 18.3. The van der Waals surface area contributed by atoms with E-state index in [1.54, 1.807) is 38.2 Å². The lowest BCUT2D eigenvalue weighted by atomic mass is 10.2. The van der Waals surface area contributed by atoms with Gasteiger partial charge in [0.1, 0.15) is 30.3 Å². The molecule has 32 heavy (non-hydrogen) atoms. The van der Waals surface area contributed by atoms with Crippen molar-refractivity contribution in [1.29, 1.82) is 0 Å². The molecular weight excluding hydrogens is 406 g/mol. The van der Waals surface area contributed by atoms with Crippen LogP contribution in [0.15, 0.2) is 84.9 Å². The van der Waals surface area contributed by atoms with Crippen LogP contribution in [0.4, 0.5) is 0 Å². The molecule has 0 radical (unpaired) electrons. The number of benzene rings is 3. The highest BCUT2D eigenvalue weighted by Crippen LogP contribution is 2.20. The molecule has 0 aliphatic heterocycles. The Bertz CT molecular complexity index is 1010. The summed E-state index contributed by atoms with van der Waals surface area (Å²) in [5.41, 5.74) is 1.26. The third-order valence-corrected chi connectivity index (χ3v) is 4.73. The second-order valence-corrected chi connectivity index (χ2v) is 7.23. The summed E-state index contributed by atoms with van der Waals surface area (Å²) >= 11 is 0. The van der Waals surface area contributed by atoms with E-state index >= 15 is 0 Å². The lowest BCUT2D eigenvalue weighted by Crippen LogP contribution is -2.37.